The van der Waals surface area contributed by atoms with Crippen LogP contribution in [0.3, 0.4) is 0 Å². The number of carboxylic acid groups (broad SMARTS) is 1. The summed E-state index contributed by atoms with van der Waals surface area (Å²) in [6, 6.07) is 0.376. The van der Waals surface area contributed by atoms with Crippen LogP contribution in [-0.2, 0) is 0 Å². The maximum atomic E-state index is 10.6. The molecule has 0 aromatic carbocycles. The monoisotopic (exact) mass is 194 g/mol. The van der Waals surface area contributed by atoms with Gasteiger partial charge in [-0.3, -0.25) is 0 Å². The third-order valence-corrected chi connectivity index (χ3v) is 2.22. The lowest BCUT2D eigenvalue weighted by Crippen LogP contribution is -2.28. The van der Waals surface area contributed by atoms with Crippen LogP contribution >= 0.6 is 0 Å². The molecule has 0 unspecified atom stereocenters. The molecule has 1 fully saturated rings. The second-order valence-electron chi connectivity index (χ2n) is 3.24. The third kappa shape index (κ3) is 1.78. The van der Waals surface area contributed by atoms with E-state index >= 15 is 0 Å². The summed E-state index contributed by atoms with van der Waals surface area (Å²) < 4.78 is 0. The van der Waals surface area contributed by atoms with Gasteiger partial charge in [-0.1, -0.05) is 0 Å². The highest BCUT2D eigenvalue weighted by atomic mass is 16.4. The average Bonchev–Trinajstić information content (AvgIpc) is 2.12. The van der Waals surface area contributed by atoms with E-state index in [0.717, 1.165) is 19.0 Å². The standard InChI is InChI=1S/C8H10N4O2/c13-7(14)6-4-9-12-8(11-6)10-5-2-1-3-5/h4-5H,1-3H2,(H,13,14)(H,10,11,12). The number of aromatic carboxylic acids is 1. The van der Waals surface area contributed by atoms with Crippen LogP contribution in [0, 0.1) is 0 Å². The van der Waals surface area contributed by atoms with Gasteiger partial charge in [0.05, 0.1) is 6.20 Å². The summed E-state index contributed by atoms with van der Waals surface area (Å²) in [7, 11) is 0. The van der Waals surface area contributed by atoms with E-state index in [9.17, 15) is 4.79 Å². The summed E-state index contributed by atoms with van der Waals surface area (Å²) in [5.41, 5.74) is -0.0816. The molecule has 0 saturated heterocycles. The van der Waals surface area contributed by atoms with Gasteiger partial charge < -0.3 is 10.4 Å². The quantitative estimate of drug-likeness (QED) is 0.729. The molecular formula is C8H10N4O2. The summed E-state index contributed by atoms with van der Waals surface area (Å²) in [4.78, 5) is 14.4. The van der Waals surface area contributed by atoms with Crippen LogP contribution in [0.5, 0.6) is 0 Å². The second kappa shape index (κ2) is 3.57. The number of aromatic nitrogens is 3. The van der Waals surface area contributed by atoms with Gasteiger partial charge in [0.15, 0.2) is 5.69 Å². The van der Waals surface area contributed by atoms with Gasteiger partial charge in [-0.05, 0) is 19.3 Å². The molecule has 0 radical (unpaired) electrons. The topological polar surface area (TPSA) is 88.0 Å². The molecular weight excluding hydrogens is 184 g/mol. The minimum Gasteiger partial charge on any atom is -0.476 e. The van der Waals surface area contributed by atoms with Gasteiger partial charge in [0.2, 0.25) is 5.95 Å². The molecule has 6 heteroatoms. The van der Waals surface area contributed by atoms with Crippen molar-refractivity contribution in [2.75, 3.05) is 5.32 Å². The van der Waals surface area contributed by atoms with Crippen LogP contribution in [-0.4, -0.2) is 32.3 Å². The first-order valence-corrected chi connectivity index (χ1v) is 4.45. The molecule has 2 N–H and O–H groups in total. The number of nitrogens with one attached hydrogen (secondary N) is 1. The molecule has 1 aliphatic rings. The molecule has 6 nitrogen and oxygen atoms in total. The summed E-state index contributed by atoms with van der Waals surface area (Å²) in [6.45, 7) is 0. The molecule has 0 atom stereocenters. The Morgan fingerprint density at radius 2 is 2.36 bits per heavy atom. The molecule has 2 rings (SSSR count). The van der Waals surface area contributed by atoms with E-state index < -0.39 is 5.97 Å². The van der Waals surface area contributed by atoms with Crippen LogP contribution in [0.25, 0.3) is 0 Å². The van der Waals surface area contributed by atoms with E-state index in [1.807, 2.05) is 0 Å². The fraction of sp³-hybridized carbons (Fsp3) is 0.500. The zero-order chi connectivity index (χ0) is 9.97. The van der Waals surface area contributed by atoms with Gasteiger partial charge in [-0.25, -0.2) is 9.78 Å². The Labute approximate surface area is 80.4 Å². The number of hydrogen-bond donors (Lipinski definition) is 2. The number of carboxylic acids is 1. The van der Waals surface area contributed by atoms with E-state index in [2.05, 4.69) is 20.5 Å². The van der Waals surface area contributed by atoms with Crippen molar-refractivity contribution < 1.29 is 9.90 Å². The molecule has 1 heterocycles. The Balaban J connectivity index is 2.09. The summed E-state index contributed by atoms with van der Waals surface area (Å²) in [5.74, 6) is -0.786. The van der Waals surface area contributed by atoms with Crippen LogP contribution in [0.4, 0.5) is 5.95 Å². The summed E-state index contributed by atoms with van der Waals surface area (Å²) in [6.07, 6.45) is 4.50. The highest BCUT2D eigenvalue weighted by Crippen LogP contribution is 2.21. The Morgan fingerprint density at radius 1 is 1.57 bits per heavy atom. The highest BCUT2D eigenvalue weighted by molar-refractivity contribution is 5.85. The normalized spacial score (nSPS) is 16.0. The summed E-state index contributed by atoms with van der Waals surface area (Å²) >= 11 is 0. The number of hydrogen-bond acceptors (Lipinski definition) is 5. The molecule has 0 bridgehead atoms. The van der Waals surface area contributed by atoms with E-state index in [0.29, 0.717) is 12.0 Å². The molecule has 0 amide bonds. The second-order valence-corrected chi connectivity index (χ2v) is 3.24. The molecule has 0 aliphatic heterocycles. The molecule has 1 aromatic heterocycles. The summed E-state index contributed by atoms with van der Waals surface area (Å²) in [5, 5.41) is 19.0. The van der Waals surface area contributed by atoms with Gasteiger partial charge in [0, 0.05) is 6.04 Å². The molecule has 14 heavy (non-hydrogen) atoms. The number of anilines is 1. The van der Waals surface area contributed by atoms with E-state index in [-0.39, 0.29) is 5.69 Å². The van der Waals surface area contributed by atoms with Crippen molar-refractivity contribution >= 4 is 11.9 Å². The van der Waals surface area contributed by atoms with Crippen LogP contribution < -0.4 is 5.32 Å². The molecule has 74 valence electrons. The van der Waals surface area contributed by atoms with Crippen LogP contribution in [0.2, 0.25) is 0 Å². The zero-order valence-corrected chi connectivity index (χ0v) is 7.47. The van der Waals surface area contributed by atoms with Crippen molar-refractivity contribution in [2.45, 2.75) is 25.3 Å². The Hall–Kier alpha value is -1.72. The number of nitrogens with zero attached hydrogens (tertiary/aromatic N) is 3. The highest BCUT2D eigenvalue weighted by Gasteiger charge is 2.18. The molecule has 0 spiro atoms. The van der Waals surface area contributed by atoms with Crippen molar-refractivity contribution in [2.24, 2.45) is 0 Å². The lowest BCUT2D eigenvalue weighted by Gasteiger charge is -2.25. The van der Waals surface area contributed by atoms with Crippen LogP contribution in [0.1, 0.15) is 29.8 Å². The van der Waals surface area contributed by atoms with Gasteiger partial charge in [0.1, 0.15) is 0 Å². The van der Waals surface area contributed by atoms with E-state index in [4.69, 9.17) is 5.11 Å². The SMILES string of the molecule is O=C(O)c1cnnc(NC2CCC2)n1. The maximum absolute atomic E-state index is 10.6. The number of carbonyl (C=O) groups is 1. The predicted molar refractivity (Wildman–Crippen MR) is 48.0 cm³/mol. The van der Waals surface area contributed by atoms with Crippen molar-refractivity contribution in [1.82, 2.24) is 15.2 Å². The maximum Gasteiger partial charge on any atom is 0.356 e. The first-order chi connectivity index (χ1) is 6.75. The average molecular weight is 194 g/mol. The number of rotatable bonds is 3. The molecule has 1 aromatic rings. The van der Waals surface area contributed by atoms with Gasteiger partial charge in [0.25, 0.3) is 0 Å². The fourth-order valence-corrected chi connectivity index (χ4v) is 1.20. The van der Waals surface area contributed by atoms with Gasteiger partial charge in [-0.15, -0.1) is 5.10 Å². The van der Waals surface area contributed by atoms with E-state index in [1.54, 1.807) is 0 Å². The lowest BCUT2D eigenvalue weighted by atomic mass is 9.93. The lowest BCUT2D eigenvalue weighted by molar-refractivity contribution is 0.0689. The van der Waals surface area contributed by atoms with Gasteiger partial charge in [-0.2, -0.15) is 5.10 Å². The van der Waals surface area contributed by atoms with Crippen molar-refractivity contribution in [3.05, 3.63) is 11.9 Å². The Morgan fingerprint density at radius 3 is 2.93 bits per heavy atom. The van der Waals surface area contributed by atoms with Crippen molar-refractivity contribution in [1.29, 1.82) is 0 Å². The molecule has 1 saturated carbocycles. The Bertz CT molecular complexity index is 351. The minimum atomic E-state index is -1.09. The van der Waals surface area contributed by atoms with Crippen molar-refractivity contribution in [3.63, 3.8) is 0 Å². The van der Waals surface area contributed by atoms with Crippen molar-refractivity contribution in [3.8, 4) is 0 Å². The molecule has 1 aliphatic carbocycles. The minimum absolute atomic E-state index is 0.0816. The largest absolute Gasteiger partial charge is 0.476 e. The first kappa shape index (κ1) is 8.86. The zero-order valence-electron chi connectivity index (χ0n) is 7.47. The fourth-order valence-electron chi connectivity index (χ4n) is 1.20. The van der Waals surface area contributed by atoms with Gasteiger partial charge >= 0.3 is 5.97 Å². The van der Waals surface area contributed by atoms with E-state index in [1.165, 1.54) is 6.42 Å². The Kier molecular flexibility index (Phi) is 2.26. The first-order valence-electron chi connectivity index (χ1n) is 4.45. The predicted octanol–water partition coefficient (Wildman–Crippen LogP) is 0.534. The van der Waals surface area contributed by atoms with Crippen LogP contribution in [0.15, 0.2) is 6.20 Å². The smallest absolute Gasteiger partial charge is 0.356 e. The third-order valence-electron chi connectivity index (χ3n) is 2.22.